The number of nitrogens with two attached hydrogens (primary N) is 1. The van der Waals surface area contributed by atoms with Crippen LogP contribution in [0.2, 0.25) is 0 Å². The van der Waals surface area contributed by atoms with Crippen molar-refractivity contribution in [3.8, 4) is 5.75 Å². The molecule has 1 rings (SSSR count). The zero-order valence-electron chi connectivity index (χ0n) is 12.2. The van der Waals surface area contributed by atoms with Gasteiger partial charge in [-0.25, -0.2) is 0 Å². The summed E-state index contributed by atoms with van der Waals surface area (Å²) < 4.78 is 5.26. The van der Waals surface area contributed by atoms with Gasteiger partial charge in [0.05, 0.1) is 13.2 Å². The molecule has 0 aliphatic heterocycles. The van der Waals surface area contributed by atoms with Crippen LogP contribution in [0.5, 0.6) is 5.75 Å². The predicted octanol–water partition coefficient (Wildman–Crippen LogP) is 1.99. The second-order valence-electron chi connectivity index (χ2n) is 5.26. The SMILES string of the molecule is COc1cc(CNC(=O)[C@@H](N)CC(C)C)ccc1C. The van der Waals surface area contributed by atoms with Gasteiger partial charge in [0.1, 0.15) is 5.75 Å². The molecule has 0 fully saturated rings. The molecule has 1 aromatic carbocycles. The van der Waals surface area contributed by atoms with Crippen LogP contribution in [0.25, 0.3) is 0 Å². The van der Waals surface area contributed by atoms with E-state index in [1.165, 1.54) is 0 Å². The molecular formula is C15H24N2O2. The Hall–Kier alpha value is -1.55. The first-order chi connectivity index (χ1) is 8.93. The van der Waals surface area contributed by atoms with E-state index in [0.717, 1.165) is 16.9 Å². The summed E-state index contributed by atoms with van der Waals surface area (Å²) in [5, 5.41) is 2.86. The van der Waals surface area contributed by atoms with Gasteiger partial charge in [0.2, 0.25) is 5.91 Å². The van der Waals surface area contributed by atoms with E-state index in [2.05, 4.69) is 19.2 Å². The third kappa shape index (κ3) is 4.91. The monoisotopic (exact) mass is 264 g/mol. The van der Waals surface area contributed by atoms with Crippen molar-refractivity contribution >= 4 is 5.91 Å². The van der Waals surface area contributed by atoms with Gasteiger partial charge in [0.15, 0.2) is 0 Å². The zero-order chi connectivity index (χ0) is 14.4. The van der Waals surface area contributed by atoms with Crippen LogP contribution in [0.4, 0.5) is 0 Å². The number of ether oxygens (including phenoxy) is 1. The highest BCUT2D eigenvalue weighted by atomic mass is 16.5. The third-order valence-corrected chi connectivity index (χ3v) is 3.00. The molecule has 0 bridgehead atoms. The first-order valence-electron chi connectivity index (χ1n) is 6.60. The lowest BCUT2D eigenvalue weighted by molar-refractivity contribution is -0.122. The Labute approximate surface area is 115 Å². The summed E-state index contributed by atoms with van der Waals surface area (Å²) in [7, 11) is 1.64. The molecule has 0 unspecified atom stereocenters. The van der Waals surface area contributed by atoms with Crippen molar-refractivity contribution < 1.29 is 9.53 Å². The lowest BCUT2D eigenvalue weighted by atomic mass is 10.0. The number of aryl methyl sites for hydroxylation is 1. The smallest absolute Gasteiger partial charge is 0.237 e. The Kier molecular flexibility index (Phi) is 5.83. The average molecular weight is 264 g/mol. The lowest BCUT2D eigenvalue weighted by Crippen LogP contribution is -2.41. The van der Waals surface area contributed by atoms with E-state index >= 15 is 0 Å². The van der Waals surface area contributed by atoms with Gasteiger partial charge < -0.3 is 15.8 Å². The van der Waals surface area contributed by atoms with Crippen LogP contribution in [0.1, 0.15) is 31.4 Å². The normalized spacial score (nSPS) is 12.3. The van der Waals surface area contributed by atoms with Crippen LogP contribution >= 0.6 is 0 Å². The minimum atomic E-state index is -0.438. The topological polar surface area (TPSA) is 64.3 Å². The van der Waals surface area contributed by atoms with Gasteiger partial charge in [0, 0.05) is 6.54 Å². The summed E-state index contributed by atoms with van der Waals surface area (Å²) in [5.41, 5.74) is 7.91. The summed E-state index contributed by atoms with van der Waals surface area (Å²) in [6.07, 6.45) is 0.697. The number of rotatable bonds is 6. The van der Waals surface area contributed by atoms with Gasteiger partial charge in [-0.1, -0.05) is 26.0 Å². The van der Waals surface area contributed by atoms with E-state index < -0.39 is 6.04 Å². The van der Waals surface area contributed by atoms with E-state index in [-0.39, 0.29) is 5.91 Å². The number of hydrogen-bond donors (Lipinski definition) is 2. The largest absolute Gasteiger partial charge is 0.496 e. The van der Waals surface area contributed by atoms with E-state index in [4.69, 9.17) is 10.5 Å². The van der Waals surface area contributed by atoms with Crippen LogP contribution in [-0.4, -0.2) is 19.1 Å². The summed E-state index contributed by atoms with van der Waals surface area (Å²) in [4.78, 5) is 11.8. The van der Waals surface area contributed by atoms with E-state index in [9.17, 15) is 4.79 Å². The molecule has 0 saturated heterocycles. The molecule has 1 atom stereocenters. The van der Waals surface area contributed by atoms with Crippen molar-refractivity contribution in [1.82, 2.24) is 5.32 Å². The Balaban J connectivity index is 2.54. The number of carbonyl (C=O) groups is 1. The lowest BCUT2D eigenvalue weighted by Gasteiger charge is -2.14. The van der Waals surface area contributed by atoms with Crippen LogP contribution < -0.4 is 15.8 Å². The standard InChI is InChI=1S/C15H24N2O2/c1-10(2)7-13(16)15(18)17-9-12-6-5-11(3)14(8-12)19-4/h5-6,8,10,13H,7,9,16H2,1-4H3,(H,17,18)/t13-/m0/s1. The number of hydrogen-bond acceptors (Lipinski definition) is 3. The van der Waals surface area contributed by atoms with E-state index in [1.807, 2.05) is 25.1 Å². The summed E-state index contributed by atoms with van der Waals surface area (Å²) in [6.45, 7) is 6.57. The molecule has 0 radical (unpaired) electrons. The van der Waals surface area contributed by atoms with Crippen molar-refractivity contribution in [1.29, 1.82) is 0 Å². The minimum absolute atomic E-state index is 0.103. The first kappa shape index (κ1) is 15.5. The highest BCUT2D eigenvalue weighted by Gasteiger charge is 2.14. The molecule has 4 nitrogen and oxygen atoms in total. The summed E-state index contributed by atoms with van der Waals surface area (Å²) >= 11 is 0. The van der Waals surface area contributed by atoms with Gasteiger partial charge >= 0.3 is 0 Å². The van der Waals surface area contributed by atoms with Crippen molar-refractivity contribution in [2.45, 2.75) is 39.8 Å². The number of amides is 1. The van der Waals surface area contributed by atoms with Crippen molar-refractivity contribution in [2.75, 3.05) is 7.11 Å². The molecule has 1 aromatic rings. The molecule has 0 saturated carbocycles. The van der Waals surface area contributed by atoms with Crippen molar-refractivity contribution in [2.24, 2.45) is 11.7 Å². The molecule has 0 spiro atoms. The number of carbonyl (C=O) groups excluding carboxylic acids is 1. The maximum atomic E-state index is 11.8. The molecule has 0 aliphatic rings. The van der Waals surface area contributed by atoms with Gasteiger partial charge in [0.25, 0.3) is 0 Å². The van der Waals surface area contributed by atoms with Gasteiger partial charge in [-0.15, -0.1) is 0 Å². The predicted molar refractivity (Wildman–Crippen MR) is 77.0 cm³/mol. The maximum absolute atomic E-state index is 11.8. The van der Waals surface area contributed by atoms with E-state index in [0.29, 0.717) is 18.9 Å². The fraction of sp³-hybridized carbons (Fsp3) is 0.533. The van der Waals surface area contributed by atoms with Gasteiger partial charge in [-0.05, 0) is 36.5 Å². The Morgan fingerprint density at radius 1 is 1.42 bits per heavy atom. The molecule has 4 heteroatoms. The molecule has 0 aliphatic carbocycles. The highest BCUT2D eigenvalue weighted by molar-refractivity contribution is 5.81. The quantitative estimate of drug-likeness (QED) is 0.826. The average Bonchev–Trinajstić information content (AvgIpc) is 2.36. The fourth-order valence-electron chi connectivity index (χ4n) is 1.91. The van der Waals surface area contributed by atoms with Gasteiger partial charge in [-0.3, -0.25) is 4.79 Å². The summed E-state index contributed by atoms with van der Waals surface area (Å²) in [5.74, 6) is 1.15. The molecule has 106 valence electrons. The van der Waals surface area contributed by atoms with Crippen LogP contribution in [0, 0.1) is 12.8 Å². The summed E-state index contributed by atoms with van der Waals surface area (Å²) in [6, 6.07) is 5.46. The molecular weight excluding hydrogens is 240 g/mol. The zero-order valence-corrected chi connectivity index (χ0v) is 12.2. The Bertz CT molecular complexity index is 430. The second kappa shape index (κ2) is 7.14. The molecule has 3 N–H and O–H groups in total. The Morgan fingerprint density at radius 3 is 2.68 bits per heavy atom. The minimum Gasteiger partial charge on any atom is -0.496 e. The maximum Gasteiger partial charge on any atom is 0.237 e. The second-order valence-corrected chi connectivity index (χ2v) is 5.26. The van der Waals surface area contributed by atoms with Crippen molar-refractivity contribution in [3.63, 3.8) is 0 Å². The van der Waals surface area contributed by atoms with Crippen LogP contribution in [0.15, 0.2) is 18.2 Å². The highest BCUT2D eigenvalue weighted by Crippen LogP contribution is 2.18. The number of nitrogens with one attached hydrogen (secondary N) is 1. The third-order valence-electron chi connectivity index (χ3n) is 3.00. The molecule has 1 amide bonds. The first-order valence-corrected chi connectivity index (χ1v) is 6.60. The fourth-order valence-corrected chi connectivity index (χ4v) is 1.91. The van der Waals surface area contributed by atoms with Crippen LogP contribution in [0.3, 0.4) is 0 Å². The van der Waals surface area contributed by atoms with Gasteiger partial charge in [-0.2, -0.15) is 0 Å². The molecule has 0 heterocycles. The number of benzene rings is 1. The van der Waals surface area contributed by atoms with Crippen molar-refractivity contribution in [3.05, 3.63) is 29.3 Å². The van der Waals surface area contributed by atoms with E-state index in [1.54, 1.807) is 7.11 Å². The molecule has 19 heavy (non-hydrogen) atoms. The Morgan fingerprint density at radius 2 is 2.11 bits per heavy atom. The van der Waals surface area contributed by atoms with Crippen LogP contribution in [-0.2, 0) is 11.3 Å². The number of methoxy groups -OCH3 is 1. The molecule has 0 aromatic heterocycles.